The van der Waals surface area contributed by atoms with Crippen LogP contribution in [-0.2, 0) is 10.0 Å². The molecule has 5 rings (SSSR count). The van der Waals surface area contributed by atoms with Crippen LogP contribution in [0.15, 0.2) is 76.0 Å². The zero-order valence-corrected chi connectivity index (χ0v) is 17.1. The first kappa shape index (κ1) is 19.8. The molecule has 0 radical (unpaired) electrons. The van der Waals surface area contributed by atoms with Gasteiger partial charge in [0, 0.05) is 12.1 Å². The normalized spacial score (nSPS) is 17.4. The largest absolute Gasteiger partial charge is 0.439 e. The van der Waals surface area contributed by atoms with Gasteiger partial charge in [-0.05, 0) is 60.9 Å². The Morgan fingerprint density at radius 1 is 1.00 bits per heavy atom. The molecule has 1 atom stereocenters. The van der Waals surface area contributed by atoms with E-state index in [0.29, 0.717) is 47.5 Å². The monoisotopic (exact) mass is 440 g/mol. The summed E-state index contributed by atoms with van der Waals surface area (Å²) in [6, 6.07) is 15.9. The van der Waals surface area contributed by atoms with Gasteiger partial charge in [-0.2, -0.15) is 4.31 Å². The molecule has 31 heavy (non-hydrogen) atoms. The smallest absolute Gasteiger partial charge is 0.243 e. The highest BCUT2D eigenvalue weighted by molar-refractivity contribution is 7.89. The van der Waals surface area contributed by atoms with Crippen molar-refractivity contribution in [2.75, 3.05) is 6.54 Å². The number of hydrogen-bond acceptors (Lipinski definition) is 4. The van der Waals surface area contributed by atoms with Crippen LogP contribution in [0.2, 0.25) is 0 Å². The lowest BCUT2D eigenvalue weighted by atomic mass is 10.0. The van der Waals surface area contributed by atoms with Crippen LogP contribution in [-0.4, -0.2) is 24.3 Å². The quantitative estimate of drug-likeness (QED) is 0.432. The van der Waals surface area contributed by atoms with Crippen molar-refractivity contribution in [3.63, 3.8) is 0 Å². The minimum absolute atomic E-state index is 0.0266. The molecule has 0 spiro atoms. The fraction of sp³-hybridized carbons (Fsp3) is 0.174. The van der Waals surface area contributed by atoms with Gasteiger partial charge in [-0.3, -0.25) is 0 Å². The molecule has 4 aromatic rings. The van der Waals surface area contributed by atoms with Gasteiger partial charge in [-0.25, -0.2) is 22.2 Å². The average molecular weight is 440 g/mol. The summed E-state index contributed by atoms with van der Waals surface area (Å²) in [5.41, 5.74) is 2.14. The van der Waals surface area contributed by atoms with Crippen LogP contribution in [0.3, 0.4) is 0 Å². The number of fused-ring (bicyclic) bond motifs is 1. The van der Waals surface area contributed by atoms with Gasteiger partial charge < -0.3 is 4.42 Å². The molecule has 8 heteroatoms. The topological polar surface area (TPSA) is 63.4 Å². The van der Waals surface area contributed by atoms with Crippen LogP contribution in [0.1, 0.15) is 24.8 Å². The SMILES string of the molecule is O=S(=O)(c1ccc(F)cc1)N1CCCC1c1nc2cc(-c3ccccc3F)ccc2o1. The Morgan fingerprint density at radius 3 is 2.55 bits per heavy atom. The molecule has 1 aromatic heterocycles. The molecule has 1 unspecified atom stereocenters. The molecular formula is C23H18F2N2O3S. The standard InChI is InChI=1S/C23H18F2N2O3S/c24-16-8-10-17(11-9-16)31(28,29)27-13-3-6-21(27)23-26-20-14-15(7-12-22(20)30-23)18-4-1-2-5-19(18)25/h1-2,4-5,7-12,14,21H,3,6,13H2. The van der Waals surface area contributed by atoms with Crippen LogP contribution in [0.5, 0.6) is 0 Å². The van der Waals surface area contributed by atoms with E-state index < -0.39 is 21.9 Å². The zero-order chi connectivity index (χ0) is 21.6. The summed E-state index contributed by atoms with van der Waals surface area (Å²) in [5.74, 6) is -0.539. The Morgan fingerprint density at radius 2 is 1.77 bits per heavy atom. The molecule has 1 aliphatic heterocycles. The predicted molar refractivity (Wildman–Crippen MR) is 112 cm³/mol. The summed E-state index contributed by atoms with van der Waals surface area (Å²) < 4.78 is 60.8. The van der Waals surface area contributed by atoms with Crippen LogP contribution >= 0.6 is 0 Å². The first-order chi connectivity index (χ1) is 14.9. The van der Waals surface area contributed by atoms with Crippen molar-refractivity contribution >= 4 is 21.1 Å². The number of rotatable bonds is 4. The number of benzene rings is 3. The predicted octanol–water partition coefficient (Wildman–Crippen LogP) is 5.30. The van der Waals surface area contributed by atoms with Crippen molar-refractivity contribution < 1.29 is 21.6 Å². The maximum Gasteiger partial charge on any atom is 0.243 e. The van der Waals surface area contributed by atoms with E-state index in [0.717, 1.165) is 12.1 Å². The second kappa shape index (κ2) is 7.55. The van der Waals surface area contributed by atoms with Crippen LogP contribution in [0.25, 0.3) is 22.2 Å². The van der Waals surface area contributed by atoms with Gasteiger partial charge in [-0.15, -0.1) is 0 Å². The van der Waals surface area contributed by atoms with Crippen LogP contribution in [0, 0.1) is 11.6 Å². The molecule has 2 heterocycles. The highest BCUT2D eigenvalue weighted by Gasteiger charge is 2.39. The molecule has 1 aliphatic rings. The molecule has 0 amide bonds. The van der Waals surface area contributed by atoms with E-state index in [4.69, 9.17) is 4.42 Å². The van der Waals surface area contributed by atoms with Gasteiger partial charge in [0.05, 0.1) is 4.90 Å². The number of sulfonamides is 1. The van der Waals surface area contributed by atoms with E-state index in [-0.39, 0.29) is 10.7 Å². The maximum atomic E-state index is 14.2. The van der Waals surface area contributed by atoms with Gasteiger partial charge in [-0.1, -0.05) is 24.3 Å². The maximum absolute atomic E-state index is 14.2. The first-order valence-electron chi connectivity index (χ1n) is 9.86. The lowest BCUT2D eigenvalue weighted by Crippen LogP contribution is -2.30. The Labute approximate surface area is 178 Å². The molecule has 0 N–H and O–H groups in total. The molecule has 158 valence electrons. The van der Waals surface area contributed by atoms with E-state index in [1.807, 2.05) is 0 Å². The Balaban J connectivity index is 1.51. The first-order valence-corrected chi connectivity index (χ1v) is 11.3. The van der Waals surface area contributed by atoms with E-state index in [1.54, 1.807) is 36.4 Å². The lowest BCUT2D eigenvalue weighted by molar-refractivity contribution is 0.337. The third-order valence-corrected chi connectivity index (χ3v) is 7.42. The summed E-state index contributed by atoms with van der Waals surface area (Å²) in [7, 11) is -3.83. The Hall–Kier alpha value is -3.10. The zero-order valence-electron chi connectivity index (χ0n) is 16.3. The van der Waals surface area contributed by atoms with Gasteiger partial charge >= 0.3 is 0 Å². The van der Waals surface area contributed by atoms with Crippen LogP contribution in [0.4, 0.5) is 8.78 Å². The summed E-state index contributed by atoms with van der Waals surface area (Å²) in [6.45, 7) is 0.323. The third-order valence-electron chi connectivity index (χ3n) is 5.50. The molecule has 1 fully saturated rings. The van der Waals surface area contributed by atoms with Crippen molar-refractivity contribution in [1.29, 1.82) is 0 Å². The van der Waals surface area contributed by atoms with Gasteiger partial charge in [0.25, 0.3) is 0 Å². The van der Waals surface area contributed by atoms with Crippen molar-refractivity contribution in [1.82, 2.24) is 9.29 Å². The van der Waals surface area contributed by atoms with Crippen molar-refractivity contribution in [3.8, 4) is 11.1 Å². The molecular weight excluding hydrogens is 422 g/mol. The summed E-state index contributed by atoms with van der Waals surface area (Å²) >= 11 is 0. The number of halogens is 2. The van der Waals surface area contributed by atoms with Gasteiger partial charge in [0.15, 0.2) is 5.58 Å². The number of nitrogens with zero attached hydrogens (tertiary/aromatic N) is 2. The fourth-order valence-electron chi connectivity index (χ4n) is 3.97. The van der Waals surface area contributed by atoms with Crippen molar-refractivity contribution in [3.05, 3.63) is 84.3 Å². The number of oxazole rings is 1. The van der Waals surface area contributed by atoms with E-state index >= 15 is 0 Å². The molecule has 0 saturated carbocycles. The van der Waals surface area contributed by atoms with Crippen molar-refractivity contribution in [2.45, 2.75) is 23.8 Å². The summed E-state index contributed by atoms with van der Waals surface area (Å²) in [6.07, 6.45) is 1.22. The lowest BCUT2D eigenvalue weighted by Gasteiger charge is -2.21. The number of hydrogen-bond donors (Lipinski definition) is 0. The molecule has 5 nitrogen and oxygen atoms in total. The van der Waals surface area contributed by atoms with E-state index in [1.165, 1.54) is 22.5 Å². The highest BCUT2D eigenvalue weighted by atomic mass is 32.2. The third kappa shape index (κ3) is 3.51. The van der Waals surface area contributed by atoms with E-state index in [9.17, 15) is 17.2 Å². The molecule has 3 aromatic carbocycles. The number of aromatic nitrogens is 1. The van der Waals surface area contributed by atoms with Gasteiger partial charge in [0.1, 0.15) is 23.2 Å². The van der Waals surface area contributed by atoms with E-state index in [2.05, 4.69) is 4.98 Å². The molecule has 1 saturated heterocycles. The molecule has 0 bridgehead atoms. The fourth-order valence-corrected chi connectivity index (χ4v) is 5.62. The Kier molecular flexibility index (Phi) is 4.83. The summed E-state index contributed by atoms with van der Waals surface area (Å²) in [5, 5.41) is 0. The minimum atomic E-state index is -3.83. The average Bonchev–Trinajstić information content (AvgIpc) is 3.41. The van der Waals surface area contributed by atoms with Gasteiger partial charge in [0.2, 0.25) is 15.9 Å². The molecule has 0 aliphatic carbocycles. The summed E-state index contributed by atoms with van der Waals surface area (Å²) in [4.78, 5) is 4.55. The minimum Gasteiger partial charge on any atom is -0.439 e. The van der Waals surface area contributed by atoms with Crippen LogP contribution < -0.4 is 0 Å². The van der Waals surface area contributed by atoms with Crippen molar-refractivity contribution in [2.24, 2.45) is 0 Å². The Bertz CT molecular complexity index is 1370. The second-order valence-corrected chi connectivity index (χ2v) is 9.33. The highest BCUT2D eigenvalue weighted by Crippen LogP contribution is 2.38. The second-order valence-electron chi connectivity index (χ2n) is 7.44.